The average molecular weight is 403 g/mol. The molecular formula is C25H45F3. The Kier molecular flexibility index (Phi) is 11.3. The van der Waals surface area contributed by atoms with Gasteiger partial charge in [-0.2, -0.15) is 13.2 Å². The summed E-state index contributed by atoms with van der Waals surface area (Å²) in [6.07, 6.45) is 17.3. The van der Waals surface area contributed by atoms with Crippen molar-refractivity contribution in [2.75, 3.05) is 0 Å². The fraction of sp³-hybridized carbons (Fsp3) is 1.00. The summed E-state index contributed by atoms with van der Waals surface area (Å²) in [5.74, 6) is 1.52. The van der Waals surface area contributed by atoms with Crippen molar-refractivity contribution >= 4 is 0 Å². The van der Waals surface area contributed by atoms with Crippen molar-refractivity contribution in [3.05, 3.63) is 0 Å². The summed E-state index contributed by atoms with van der Waals surface area (Å²) in [6, 6.07) is 0. The number of unbranched alkanes of at least 4 members (excludes halogenated alkanes) is 5. The Morgan fingerprint density at radius 1 is 0.679 bits per heavy atom. The molecule has 0 spiro atoms. The summed E-state index contributed by atoms with van der Waals surface area (Å²) in [5.41, 5.74) is 0. The Morgan fingerprint density at radius 2 is 1.25 bits per heavy atom. The van der Waals surface area contributed by atoms with E-state index in [0.29, 0.717) is 18.8 Å². The topological polar surface area (TPSA) is 0 Å². The minimum atomic E-state index is -4.00. The van der Waals surface area contributed by atoms with E-state index in [2.05, 4.69) is 6.92 Å². The van der Waals surface area contributed by atoms with E-state index < -0.39 is 12.1 Å². The van der Waals surface area contributed by atoms with E-state index in [0.717, 1.165) is 43.9 Å². The first-order valence-corrected chi connectivity index (χ1v) is 12.6. The second kappa shape index (κ2) is 13.2. The van der Waals surface area contributed by atoms with Gasteiger partial charge in [-0.25, -0.2) is 0 Å². The highest BCUT2D eigenvalue weighted by Gasteiger charge is 2.38. The van der Waals surface area contributed by atoms with Gasteiger partial charge in [0.2, 0.25) is 0 Å². The van der Waals surface area contributed by atoms with Crippen LogP contribution in [0.2, 0.25) is 0 Å². The van der Waals surface area contributed by atoms with Crippen LogP contribution in [0, 0.1) is 23.7 Å². The highest BCUT2D eigenvalue weighted by molar-refractivity contribution is 4.80. The highest BCUT2D eigenvalue weighted by atomic mass is 19.4. The van der Waals surface area contributed by atoms with Gasteiger partial charge in [0.25, 0.3) is 0 Å². The summed E-state index contributed by atoms with van der Waals surface area (Å²) >= 11 is 0. The molecule has 1 atom stereocenters. The van der Waals surface area contributed by atoms with E-state index >= 15 is 0 Å². The van der Waals surface area contributed by atoms with E-state index in [1.807, 2.05) is 0 Å². The molecule has 0 heterocycles. The van der Waals surface area contributed by atoms with Gasteiger partial charge in [0, 0.05) is 0 Å². The van der Waals surface area contributed by atoms with Gasteiger partial charge < -0.3 is 0 Å². The summed E-state index contributed by atoms with van der Waals surface area (Å²) in [4.78, 5) is 0. The van der Waals surface area contributed by atoms with Crippen LogP contribution in [0.1, 0.15) is 129 Å². The largest absolute Gasteiger partial charge is 0.391 e. The smallest absolute Gasteiger partial charge is 0.171 e. The van der Waals surface area contributed by atoms with E-state index in [-0.39, 0.29) is 0 Å². The molecule has 0 aromatic carbocycles. The molecule has 2 saturated carbocycles. The van der Waals surface area contributed by atoms with Crippen LogP contribution in [-0.2, 0) is 0 Å². The van der Waals surface area contributed by atoms with Gasteiger partial charge in [-0.3, -0.25) is 0 Å². The molecule has 0 aromatic rings. The molecule has 0 aliphatic heterocycles. The summed E-state index contributed by atoms with van der Waals surface area (Å²) in [7, 11) is 0. The van der Waals surface area contributed by atoms with Crippen molar-refractivity contribution in [1.29, 1.82) is 0 Å². The lowest BCUT2D eigenvalue weighted by atomic mass is 9.70. The van der Waals surface area contributed by atoms with E-state index in [9.17, 15) is 13.2 Å². The van der Waals surface area contributed by atoms with Crippen molar-refractivity contribution in [1.82, 2.24) is 0 Å². The molecule has 1 unspecified atom stereocenters. The Morgan fingerprint density at radius 3 is 1.89 bits per heavy atom. The van der Waals surface area contributed by atoms with Gasteiger partial charge in [-0.05, 0) is 43.4 Å². The molecule has 0 nitrogen and oxygen atoms in total. The first kappa shape index (κ1) is 24.1. The molecule has 0 N–H and O–H groups in total. The molecule has 2 rings (SSSR count). The van der Waals surface area contributed by atoms with Crippen molar-refractivity contribution in [2.24, 2.45) is 23.7 Å². The normalized spacial score (nSPS) is 25.7. The zero-order chi connectivity index (χ0) is 20.2. The van der Waals surface area contributed by atoms with Crippen molar-refractivity contribution in [3.63, 3.8) is 0 Å². The third kappa shape index (κ3) is 9.08. The minimum Gasteiger partial charge on any atom is -0.171 e. The fourth-order valence-electron chi connectivity index (χ4n) is 5.85. The van der Waals surface area contributed by atoms with Crippen LogP contribution in [0.4, 0.5) is 13.2 Å². The monoisotopic (exact) mass is 402 g/mol. The summed E-state index contributed by atoms with van der Waals surface area (Å²) < 4.78 is 40.1. The van der Waals surface area contributed by atoms with Crippen LogP contribution in [0.25, 0.3) is 0 Å². The van der Waals surface area contributed by atoms with Crippen LogP contribution < -0.4 is 0 Å². The van der Waals surface area contributed by atoms with Gasteiger partial charge in [0.1, 0.15) is 0 Å². The maximum atomic E-state index is 13.4. The fourth-order valence-corrected chi connectivity index (χ4v) is 5.85. The zero-order valence-electron chi connectivity index (χ0n) is 18.4. The third-order valence-corrected chi connectivity index (χ3v) is 7.74. The van der Waals surface area contributed by atoms with E-state index in [1.54, 1.807) is 0 Å². The zero-order valence-corrected chi connectivity index (χ0v) is 18.4. The Hall–Kier alpha value is -0.210. The predicted molar refractivity (Wildman–Crippen MR) is 113 cm³/mol. The number of halogens is 3. The Bertz CT molecular complexity index is 376. The van der Waals surface area contributed by atoms with Gasteiger partial charge in [0.15, 0.2) is 0 Å². The number of hydrogen-bond donors (Lipinski definition) is 0. The molecule has 0 aromatic heterocycles. The molecule has 0 bridgehead atoms. The van der Waals surface area contributed by atoms with Crippen LogP contribution in [-0.4, -0.2) is 6.18 Å². The molecule has 28 heavy (non-hydrogen) atoms. The molecular weight excluding hydrogens is 357 g/mol. The van der Waals surface area contributed by atoms with Gasteiger partial charge >= 0.3 is 6.18 Å². The number of rotatable bonds is 12. The van der Waals surface area contributed by atoms with Gasteiger partial charge in [-0.15, -0.1) is 0 Å². The molecule has 0 saturated heterocycles. The quantitative estimate of drug-likeness (QED) is 0.285. The van der Waals surface area contributed by atoms with E-state index in [1.165, 1.54) is 77.0 Å². The Labute approximate surface area is 172 Å². The predicted octanol–water partition coefficient (Wildman–Crippen LogP) is 9.47. The SMILES string of the molecule is CCCCCCCCC(CCCC1CCC(C2CCCCC2)CC1)C(F)(F)F. The molecule has 166 valence electrons. The molecule has 3 heteroatoms. The van der Waals surface area contributed by atoms with Crippen molar-refractivity contribution < 1.29 is 13.2 Å². The van der Waals surface area contributed by atoms with Gasteiger partial charge in [-0.1, -0.05) is 103 Å². The summed E-state index contributed by atoms with van der Waals surface area (Å²) in [6.45, 7) is 2.17. The van der Waals surface area contributed by atoms with E-state index in [4.69, 9.17) is 0 Å². The maximum Gasteiger partial charge on any atom is 0.391 e. The first-order valence-electron chi connectivity index (χ1n) is 12.6. The number of alkyl halides is 3. The lowest BCUT2D eigenvalue weighted by molar-refractivity contribution is -0.178. The standard InChI is InChI=1S/C25H45F3/c1-2-3-4-5-6-10-15-24(25(26,27)28)16-11-12-21-17-19-23(20-18-21)22-13-8-7-9-14-22/h21-24H,2-20H2,1H3. The maximum absolute atomic E-state index is 13.4. The van der Waals surface area contributed by atoms with Crippen molar-refractivity contribution in [3.8, 4) is 0 Å². The first-order chi connectivity index (χ1) is 13.5. The lowest BCUT2D eigenvalue weighted by Crippen LogP contribution is -2.25. The highest BCUT2D eigenvalue weighted by Crippen LogP contribution is 2.42. The second-order valence-corrected chi connectivity index (χ2v) is 9.90. The minimum absolute atomic E-state index is 0.351. The third-order valence-electron chi connectivity index (χ3n) is 7.74. The second-order valence-electron chi connectivity index (χ2n) is 9.90. The lowest BCUT2D eigenvalue weighted by Gasteiger charge is -2.36. The molecule has 2 aliphatic rings. The summed E-state index contributed by atoms with van der Waals surface area (Å²) in [5, 5.41) is 0. The van der Waals surface area contributed by atoms with Gasteiger partial charge in [0.05, 0.1) is 5.92 Å². The molecule has 0 amide bonds. The Balaban J connectivity index is 1.59. The molecule has 0 radical (unpaired) electrons. The number of hydrogen-bond acceptors (Lipinski definition) is 0. The molecule has 2 fully saturated rings. The van der Waals surface area contributed by atoms with Crippen LogP contribution in [0.3, 0.4) is 0 Å². The molecule has 2 aliphatic carbocycles. The van der Waals surface area contributed by atoms with Crippen LogP contribution in [0.5, 0.6) is 0 Å². The van der Waals surface area contributed by atoms with Crippen LogP contribution in [0.15, 0.2) is 0 Å². The van der Waals surface area contributed by atoms with Crippen molar-refractivity contribution in [2.45, 2.75) is 135 Å². The average Bonchev–Trinajstić information content (AvgIpc) is 2.69. The van der Waals surface area contributed by atoms with Crippen LogP contribution >= 0.6 is 0 Å².